The van der Waals surface area contributed by atoms with E-state index in [9.17, 15) is 100 Å². The molecule has 0 saturated heterocycles. The van der Waals surface area contributed by atoms with Crippen molar-refractivity contribution in [2.24, 2.45) is 0 Å². The third-order valence-electron chi connectivity index (χ3n) is 10.9. The van der Waals surface area contributed by atoms with E-state index in [1.165, 1.54) is 0 Å². The van der Waals surface area contributed by atoms with E-state index in [-0.39, 0.29) is 0 Å². The number of aromatic nitrogens is 2. The number of benzene rings is 5. The Morgan fingerprint density at radius 2 is 0.564 bits per heavy atom. The van der Waals surface area contributed by atoms with Gasteiger partial charge in [-0.1, -0.05) is 0 Å². The molecule has 7 aromatic rings. The zero-order valence-electron chi connectivity index (χ0n) is 36.3. The summed E-state index contributed by atoms with van der Waals surface area (Å²) in [5.41, 5.74) is -50.0. The first-order chi connectivity index (χ1) is 35.5. The van der Waals surface area contributed by atoms with Crippen LogP contribution in [0.4, 0.5) is 105 Å². The lowest BCUT2D eigenvalue weighted by Gasteiger charge is -2.24. The average molecular weight is 1130 g/mol. The summed E-state index contributed by atoms with van der Waals surface area (Å²) in [6.45, 7) is 0. The molecule has 0 fully saturated rings. The number of rotatable bonds is 4. The van der Waals surface area contributed by atoms with Crippen LogP contribution in [0, 0.1) is 45.3 Å². The molecule has 5 aromatic carbocycles. The lowest BCUT2D eigenvalue weighted by atomic mass is 9.83. The Morgan fingerprint density at radius 1 is 0.321 bits per heavy atom. The van der Waals surface area contributed by atoms with Crippen LogP contribution in [0.5, 0.6) is 0 Å². The van der Waals surface area contributed by atoms with Gasteiger partial charge in [0.15, 0.2) is 22.3 Å². The number of nitrogens with zero attached hydrogens (tertiary/aromatic N) is 6. The molecule has 0 aliphatic heterocycles. The van der Waals surface area contributed by atoms with Gasteiger partial charge in [-0.3, -0.25) is 0 Å². The molecule has 0 amide bonds. The molecule has 0 unspecified atom stereocenters. The highest BCUT2D eigenvalue weighted by molar-refractivity contribution is 6.19. The van der Waals surface area contributed by atoms with Gasteiger partial charge >= 0.3 is 49.4 Å². The van der Waals surface area contributed by atoms with Crippen LogP contribution in [-0.2, 0) is 49.4 Å². The van der Waals surface area contributed by atoms with E-state index < -0.39 is 244 Å². The van der Waals surface area contributed by atoms with E-state index in [0.717, 1.165) is 24.3 Å². The molecule has 0 N–H and O–H groups in total. The van der Waals surface area contributed by atoms with Crippen LogP contribution in [0.25, 0.3) is 77.9 Å². The predicted molar refractivity (Wildman–Crippen MR) is 212 cm³/mol. The van der Waals surface area contributed by atoms with Crippen molar-refractivity contribution < 1.29 is 114 Å². The van der Waals surface area contributed by atoms with Crippen molar-refractivity contribution in [1.29, 1.82) is 21.0 Å². The maximum atomic E-state index is 15.3. The molecule has 404 valence electrons. The summed E-state index contributed by atoms with van der Waals surface area (Å²) in [6, 6.07) is -1.74. The molecule has 78 heavy (non-hydrogen) atoms. The molecule has 8 nitrogen and oxygen atoms in total. The Balaban J connectivity index is 1.94. The highest BCUT2D eigenvalue weighted by Crippen LogP contribution is 2.55. The van der Waals surface area contributed by atoms with Gasteiger partial charge in [-0.05, 0) is 82.9 Å². The van der Waals surface area contributed by atoms with E-state index in [2.05, 4.69) is 9.97 Å². The summed E-state index contributed by atoms with van der Waals surface area (Å²) in [5.74, 6) is 0. The molecule has 7 rings (SSSR count). The van der Waals surface area contributed by atoms with Crippen molar-refractivity contribution in [3.05, 3.63) is 116 Å². The zero-order valence-corrected chi connectivity index (χ0v) is 36.3. The third-order valence-corrected chi connectivity index (χ3v) is 10.9. The maximum absolute atomic E-state index is 15.3. The van der Waals surface area contributed by atoms with Crippen LogP contribution in [0.1, 0.15) is 44.5 Å². The highest BCUT2D eigenvalue weighted by atomic mass is 19.4. The van der Waals surface area contributed by atoms with Gasteiger partial charge in [0, 0.05) is 11.1 Å². The third kappa shape index (κ3) is 10.5. The summed E-state index contributed by atoms with van der Waals surface area (Å²) in [5, 5.41) is 39.0. The fourth-order valence-electron chi connectivity index (χ4n) is 7.76. The van der Waals surface area contributed by atoms with Crippen molar-refractivity contribution in [1.82, 2.24) is 9.97 Å². The number of alkyl halides is 24. The molecular weight excluding hydrogens is 1120 g/mol. The van der Waals surface area contributed by atoms with Crippen LogP contribution in [0.3, 0.4) is 0 Å². The molecule has 0 atom stereocenters. The van der Waals surface area contributed by atoms with Gasteiger partial charge in [-0.25, -0.2) is 9.97 Å². The molecule has 0 aliphatic carbocycles. The molecule has 0 spiro atoms. The number of fused-ring (bicyclic) bond motifs is 2. The van der Waals surface area contributed by atoms with E-state index in [1.54, 1.807) is 0 Å². The van der Waals surface area contributed by atoms with Crippen LogP contribution >= 0.6 is 0 Å². The van der Waals surface area contributed by atoms with Crippen molar-refractivity contribution in [3.8, 4) is 68.8 Å². The second kappa shape index (κ2) is 18.4. The second-order valence-electron chi connectivity index (χ2n) is 15.8. The molecule has 0 bridgehead atoms. The molecule has 32 heteroatoms. The summed E-state index contributed by atoms with van der Waals surface area (Å²) in [4.78, 5) is 7.19. The maximum Gasteiger partial charge on any atom is 0.417 e. The molecular formula is C46H10F24N6O2. The van der Waals surface area contributed by atoms with Crippen LogP contribution in [0.15, 0.2) is 69.5 Å². The summed E-state index contributed by atoms with van der Waals surface area (Å²) in [7, 11) is 0. The normalized spacial score (nSPS) is 13.1. The lowest BCUT2D eigenvalue weighted by molar-refractivity contribution is -0.144. The quantitative estimate of drug-likeness (QED) is 0.158. The zero-order chi connectivity index (χ0) is 58.6. The van der Waals surface area contributed by atoms with Crippen molar-refractivity contribution in [3.63, 3.8) is 0 Å². The first-order valence-electron chi connectivity index (χ1n) is 19.9. The first-order valence-corrected chi connectivity index (χ1v) is 19.9. The minimum Gasteiger partial charge on any atom is -0.434 e. The van der Waals surface area contributed by atoms with Crippen LogP contribution < -0.4 is 11.1 Å². The van der Waals surface area contributed by atoms with Gasteiger partial charge in [-0.15, -0.1) is 0 Å². The smallest absolute Gasteiger partial charge is 0.417 e. The van der Waals surface area contributed by atoms with Crippen molar-refractivity contribution in [2.75, 3.05) is 0 Å². The Morgan fingerprint density at radius 3 is 0.782 bits per heavy atom. The Bertz CT molecular complexity index is 3550. The van der Waals surface area contributed by atoms with Crippen molar-refractivity contribution >= 4 is 33.3 Å². The Hall–Kier alpha value is -8.94. The number of oxazole rings is 2. The molecule has 0 radical (unpaired) electrons. The minimum absolute atomic E-state index is 0.480. The Kier molecular flexibility index (Phi) is 13.4. The second-order valence-corrected chi connectivity index (χ2v) is 15.8. The highest BCUT2D eigenvalue weighted by Gasteiger charge is 2.46. The Labute approximate surface area is 412 Å². The number of halogens is 24. The van der Waals surface area contributed by atoms with Gasteiger partial charge < -0.3 is 8.83 Å². The minimum atomic E-state index is -6.36. The van der Waals surface area contributed by atoms with Gasteiger partial charge in [0.05, 0.1) is 55.6 Å². The molecule has 2 aromatic heterocycles. The number of hydrogen-bond acceptors (Lipinski definition) is 8. The largest absolute Gasteiger partial charge is 0.434 e. The molecule has 0 aliphatic rings. The summed E-state index contributed by atoms with van der Waals surface area (Å²) >= 11 is 0. The number of hydrogen-bond donors (Lipinski definition) is 0. The van der Waals surface area contributed by atoms with Gasteiger partial charge in [0.25, 0.3) is 0 Å². The topological polar surface area (TPSA) is 147 Å². The molecule has 0 saturated carbocycles. The summed E-state index contributed by atoms with van der Waals surface area (Å²) in [6.07, 6.45) is -48.8. The standard InChI is InChI=1S/C46H10F24N6O2/c47-39(48,49)19-1-15(2-20(5-19)40(50,51)52)29-25(7-23(43(59,60)61)9-27(29)45(65,66)67)31-33-36(78-37(75-33)17(11-71)12-72)32(34-35(31)77-38(76-34)18(13-73)14-74)26-8-24(44(62,63)64)10-28(46(68,69)70)30(26)16-3-21(41(53,54)55)6-22(4-16)42(56,57)58/h1-10H. The SMILES string of the molecule is N#CC(C#N)=c1nc2c(-c3cc(C(F)(F)F)cc(C(F)(F)F)c3-c3cc(C(F)(F)F)cc(C(F)(F)F)c3)c3oc(=C(C#N)C#N)nc3c(-c3cc(C(F)(F)F)cc(C(F)(F)F)c3-c3cc(C(F)(F)F)cc(C(F)(F)F)c3)c2o1. The van der Waals surface area contributed by atoms with Gasteiger partial charge in [0.2, 0.25) is 11.1 Å². The van der Waals surface area contributed by atoms with E-state index in [1.807, 2.05) is 0 Å². The van der Waals surface area contributed by atoms with E-state index in [0.29, 0.717) is 0 Å². The number of nitriles is 4. The fraction of sp³-hybridized carbons (Fsp3) is 0.174. The van der Waals surface area contributed by atoms with E-state index >= 15 is 26.3 Å². The van der Waals surface area contributed by atoms with E-state index in [4.69, 9.17) is 8.83 Å². The average Bonchev–Trinajstić information content (AvgIpc) is 4.07. The van der Waals surface area contributed by atoms with Crippen LogP contribution in [-0.4, -0.2) is 9.97 Å². The predicted octanol–water partition coefficient (Wildman–Crippen LogP) is 15.2. The van der Waals surface area contributed by atoms with Gasteiger partial charge in [-0.2, -0.15) is 126 Å². The molecule has 2 heterocycles. The lowest BCUT2D eigenvalue weighted by Crippen LogP contribution is -2.15. The monoisotopic (exact) mass is 1130 g/mol. The summed E-state index contributed by atoms with van der Waals surface area (Å²) < 4.78 is 363. The fourth-order valence-corrected chi connectivity index (χ4v) is 7.76. The van der Waals surface area contributed by atoms with Gasteiger partial charge in [0.1, 0.15) is 35.3 Å². The first kappa shape index (κ1) is 56.8. The van der Waals surface area contributed by atoms with Crippen molar-refractivity contribution in [2.45, 2.75) is 49.4 Å². The van der Waals surface area contributed by atoms with Crippen LogP contribution in [0.2, 0.25) is 0 Å².